The average Bonchev–Trinajstić information content (AvgIpc) is 3.06. The number of anilines is 1. The smallest absolute Gasteiger partial charge is 0.229 e. The summed E-state index contributed by atoms with van der Waals surface area (Å²) in [6.45, 7) is 7.44. The average molecular weight is 341 g/mol. The van der Waals surface area contributed by atoms with Gasteiger partial charge >= 0.3 is 0 Å². The molecule has 0 unspecified atom stereocenters. The fourth-order valence-corrected chi connectivity index (χ4v) is 5.11. The Labute approximate surface area is 151 Å². The van der Waals surface area contributed by atoms with Crippen LogP contribution in [0.25, 0.3) is 0 Å². The maximum Gasteiger partial charge on any atom is 0.229 e. The highest BCUT2D eigenvalue weighted by molar-refractivity contribution is 5.83. The van der Waals surface area contributed by atoms with Crippen LogP contribution in [0, 0.1) is 12.3 Å². The highest BCUT2D eigenvalue weighted by Gasteiger charge is 2.48. The minimum atomic E-state index is -0.0684. The van der Waals surface area contributed by atoms with Crippen LogP contribution in [-0.4, -0.2) is 61.5 Å². The monoisotopic (exact) mass is 341 g/mol. The molecule has 136 valence electrons. The standard InChI is InChI=1S/C21H31N3O/c1-17-4-6-18(7-5-17)23-13-8-19(9-14-23)24-15-11-21(16-24)10-3-12-22(2)20(21)25/h4-7,19H,3,8-16H2,1-2H3/t21-/m1/s1. The maximum atomic E-state index is 12.7. The third-order valence-electron chi connectivity index (χ3n) is 6.71. The quantitative estimate of drug-likeness (QED) is 0.827. The van der Waals surface area contributed by atoms with Gasteiger partial charge in [-0.1, -0.05) is 17.7 Å². The Kier molecular flexibility index (Phi) is 4.48. The first kappa shape index (κ1) is 16.9. The highest BCUT2D eigenvalue weighted by atomic mass is 16.2. The highest BCUT2D eigenvalue weighted by Crippen LogP contribution is 2.41. The van der Waals surface area contributed by atoms with Gasteiger partial charge < -0.3 is 9.80 Å². The third-order valence-corrected chi connectivity index (χ3v) is 6.71. The van der Waals surface area contributed by atoms with Gasteiger partial charge in [0.15, 0.2) is 0 Å². The van der Waals surface area contributed by atoms with Gasteiger partial charge in [-0.25, -0.2) is 0 Å². The van der Waals surface area contributed by atoms with Crippen LogP contribution in [0.4, 0.5) is 5.69 Å². The molecule has 3 fully saturated rings. The summed E-state index contributed by atoms with van der Waals surface area (Å²) in [7, 11) is 1.98. The van der Waals surface area contributed by atoms with E-state index in [4.69, 9.17) is 0 Å². The molecule has 4 rings (SSSR count). The van der Waals surface area contributed by atoms with E-state index in [-0.39, 0.29) is 5.41 Å². The summed E-state index contributed by atoms with van der Waals surface area (Å²) in [5.74, 6) is 0.401. The van der Waals surface area contributed by atoms with Crippen molar-refractivity contribution in [3.05, 3.63) is 29.8 Å². The molecule has 1 atom stereocenters. The molecule has 4 nitrogen and oxygen atoms in total. The van der Waals surface area contributed by atoms with Crippen molar-refractivity contribution >= 4 is 11.6 Å². The Hall–Kier alpha value is -1.55. The first-order valence-electron chi connectivity index (χ1n) is 9.89. The number of benzene rings is 1. The minimum absolute atomic E-state index is 0.0684. The number of aryl methyl sites for hydroxylation is 1. The van der Waals surface area contributed by atoms with Crippen LogP contribution in [0.2, 0.25) is 0 Å². The molecule has 1 aromatic carbocycles. The lowest BCUT2D eigenvalue weighted by Crippen LogP contribution is -2.50. The van der Waals surface area contributed by atoms with Crippen molar-refractivity contribution in [1.82, 2.24) is 9.80 Å². The predicted octanol–water partition coefficient (Wildman–Crippen LogP) is 2.91. The molecular weight excluding hydrogens is 310 g/mol. The van der Waals surface area contributed by atoms with E-state index in [0.29, 0.717) is 11.9 Å². The lowest BCUT2D eigenvalue weighted by molar-refractivity contribution is -0.144. The molecule has 0 aromatic heterocycles. The largest absolute Gasteiger partial charge is 0.371 e. The van der Waals surface area contributed by atoms with Crippen molar-refractivity contribution in [2.24, 2.45) is 5.41 Å². The molecule has 3 saturated heterocycles. The lowest BCUT2D eigenvalue weighted by Gasteiger charge is -2.40. The molecule has 1 spiro atoms. The second kappa shape index (κ2) is 6.64. The number of amides is 1. The van der Waals surface area contributed by atoms with E-state index in [1.807, 2.05) is 11.9 Å². The van der Waals surface area contributed by atoms with Crippen molar-refractivity contribution in [3.8, 4) is 0 Å². The first-order valence-corrected chi connectivity index (χ1v) is 9.89. The van der Waals surface area contributed by atoms with Gasteiger partial charge in [0.25, 0.3) is 0 Å². The van der Waals surface area contributed by atoms with E-state index in [2.05, 4.69) is 41.0 Å². The van der Waals surface area contributed by atoms with Crippen LogP contribution < -0.4 is 4.90 Å². The van der Waals surface area contributed by atoms with Crippen LogP contribution >= 0.6 is 0 Å². The van der Waals surface area contributed by atoms with E-state index >= 15 is 0 Å². The molecule has 0 bridgehead atoms. The summed E-state index contributed by atoms with van der Waals surface area (Å²) in [4.78, 5) is 19.8. The number of carbonyl (C=O) groups is 1. The van der Waals surface area contributed by atoms with Gasteiger partial charge in [-0.3, -0.25) is 9.69 Å². The van der Waals surface area contributed by atoms with Gasteiger partial charge in [-0.2, -0.15) is 0 Å². The van der Waals surface area contributed by atoms with Crippen molar-refractivity contribution < 1.29 is 4.79 Å². The second-order valence-corrected chi connectivity index (χ2v) is 8.38. The van der Waals surface area contributed by atoms with Gasteiger partial charge in [0.05, 0.1) is 5.41 Å². The van der Waals surface area contributed by atoms with Crippen LogP contribution in [0.15, 0.2) is 24.3 Å². The molecule has 3 aliphatic heterocycles. The summed E-state index contributed by atoms with van der Waals surface area (Å²) < 4.78 is 0. The Morgan fingerprint density at radius 1 is 1.00 bits per heavy atom. The molecule has 0 aliphatic carbocycles. The Morgan fingerprint density at radius 3 is 2.44 bits per heavy atom. The normalized spacial score (nSPS) is 29.0. The number of carbonyl (C=O) groups excluding carboxylic acids is 1. The molecule has 3 aliphatic rings. The Bertz CT molecular complexity index is 621. The minimum Gasteiger partial charge on any atom is -0.371 e. The van der Waals surface area contributed by atoms with Crippen LogP contribution in [0.5, 0.6) is 0 Å². The summed E-state index contributed by atoms with van der Waals surface area (Å²) >= 11 is 0. The number of nitrogens with zero attached hydrogens (tertiary/aromatic N) is 3. The zero-order valence-corrected chi connectivity index (χ0v) is 15.7. The maximum absolute atomic E-state index is 12.7. The number of rotatable bonds is 2. The third kappa shape index (κ3) is 3.17. The van der Waals surface area contributed by atoms with Crippen LogP contribution in [-0.2, 0) is 4.79 Å². The van der Waals surface area contributed by atoms with Gasteiger partial charge in [0.2, 0.25) is 5.91 Å². The van der Waals surface area contributed by atoms with Gasteiger partial charge in [-0.15, -0.1) is 0 Å². The van der Waals surface area contributed by atoms with E-state index in [1.165, 1.54) is 30.5 Å². The zero-order chi connectivity index (χ0) is 17.4. The van der Waals surface area contributed by atoms with Crippen LogP contribution in [0.1, 0.15) is 37.7 Å². The molecule has 4 heteroatoms. The lowest BCUT2D eigenvalue weighted by atomic mass is 9.78. The van der Waals surface area contributed by atoms with E-state index < -0.39 is 0 Å². The fourth-order valence-electron chi connectivity index (χ4n) is 5.11. The summed E-state index contributed by atoms with van der Waals surface area (Å²) in [6, 6.07) is 9.56. The van der Waals surface area contributed by atoms with Crippen molar-refractivity contribution in [3.63, 3.8) is 0 Å². The van der Waals surface area contributed by atoms with E-state index in [0.717, 1.165) is 45.6 Å². The molecule has 1 amide bonds. The molecule has 0 radical (unpaired) electrons. The zero-order valence-electron chi connectivity index (χ0n) is 15.7. The number of piperidine rings is 2. The fraction of sp³-hybridized carbons (Fsp3) is 0.667. The number of hydrogen-bond donors (Lipinski definition) is 0. The predicted molar refractivity (Wildman–Crippen MR) is 102 cm³/mol. The molecule has 0 N–H and O–H groups in total. The number of hydrogen-bond acceptors (Lipinski definition) is 3. The molecule has 25 heavy (non-hydrogen) atoms. The topological polar surface area (TPSA) is 26.8 Å². The van der Waals surface area contributed by atoms with Crippen molar-refractivity contribution in [2.45, 2.75) is 45.1 Å². The summed E-state index contributed by atoms with van der Waals surface area (Å²) in [5, 5.41) is 0. The molecule has 3 heterocycles. The van der Waals surface area contributed by atoms with Crippen molar-refractivity contribution in [2.75, 3.05) is 44.7 Å². The second-order valence-electron chi connectivity index (χ2n) is 8.38. The first-order chi connectivity index (χ1) is 12.1. The van der Waals surface area contributed by atoms with E-state index in [1.54, 1.807) is 0 Å². The van der Waals surface area contributed by atoms with Gasteiger partial charge in [0, 0.05) is 45.0 Å². The Morgan fingerprint density at radius 2 is 1.72 bits per heavy atom. The Balaban J connectivity index is 1.36. The summed E-state index contributed by atoms with van der Waals surface area (Å²) in [5.41, 5.74) is 2.61. The van der Waals surface area contributed by atoms with E-state index in [9.17, 15) is 4.79 Å². The van der Waals surface area contributed by atoms with Gasteiger partial charge in [-0.05, 0) is 57.7 Å². The molecule has 1 aromatic rings. The summed E-state index contributed by atoms with van der Waals surface area (Å²) in [6.07, 6.45) is 5.76. The number of likely N-dealkylation sites (tertiary alicyclic amines) is 2. The van der Waals surface area contributed by atoms with Crippen molar-refractivity contribution in [1.29, 1.82) is 0 Å². The molecule has 0 saturated carbocycles. The van der Waals surface area contributed by atoms with Gasteiger partial charge in [0.1, 0.15) is 0 Å². The molecular formula is C21H31N3O. The van der Waals surface area contributed by atoms with Crippen LogP contribution in [0.3, 0.4) is 0 Å². The SMILES string of the molecule is Cc1ccc(N2CCC(N3CC[C@]4(CCCN(C)C4=O)C3)CC2)cc1.